The second-order valence-corrected chi connectivity index (χ2v) is 3.20. The van der Waals surface area contributed by atoms with Crippen molar-refractivity contribution >= 4 is 28.3 Å². The molecule has 2 heterocycles. The van der Waals surface area contributed by atoms with Gasteiger partial charge in [0.1, 0.15) is 6.26 Å². The molecule has 2 amide bonds. The fraction of sp³-hybridized carbons (Fsp3) is 0. The number of carbonyl (C=O) groups is 1. The molecule has 2 N–H and O–H groups in total. The van der Waals surface area contributed by atoms with Gasteiger partial charge in [0.2, 0.25) is 0 Å². The lowest BCUT2D eigenvalue weighted by atomic mass is 10.6. The van der Waals surface area contributed by atoms with E-state index in [1.807, 2.05) is 0 Å². The van der Waals surface area contributed by atoms with E-state index in [-0.39, 0.29) is 0 Å². The summed E-state index contributed by atoms with van der Waals surface area (Å²) < 4.78 is 4.55. The van der Waals surface area contributed by atoms with Gasteiger partial charge in [-0.25, -0.2) is 9.78 Å². The number of hydrogen-bond acceptors (Lipinski definition) is 5. The van der Waals surface area contributed by atoms with Crippen LogP contribution in [0.5, 0.6) is 0 Å². The number of nitrogens with zero attached hydrogens (tertiary/aromatic N) is 2. The Morgan fingerprint density at radius 1 is 1.50 bits per heavy atom. The zero-order valence-electron chi connectivity index (χ0n) is 6.93. The van der Waals surface area contributed by atoms with Gasteiger partial charge in [0.25, 0.3) is 0 Å². The number of rotatable bonds is 2. The number of aromatic nitrogens is 2. The van der Waals surface area contributed by atoms with E-state index in [2.05, 4.69) is 25.3 Å². The summed E-state index contributed by atoms with van der Waals surface area (Å²) in [6.45, 7) is 0. The number of amides is 2. The van der Waals surface area contributed by atoms with Crippen LogP contribution < -0.4 is 10.6 Å². The maximum absolute atomic E-state index is 11.2. The number of nitrogens with one attached hydrogen (secondary N) is 2. The van der Waals surface area contributed by atoms with Gasteiger partial charge in [-0.2, -0.15) is 0 Å². The Hall–Kier alpha value is -1.89. The average Bonchev–Trinajstić information content (AvgIpc) is 2.76. The molecule has 2 rings (SSSR count). The molecule has 2 aromatic heterocycles. The summed E-state index contributed by atoms with van der Waals surface area (Å²) in [4.78, 5) is 15.1. The van der Waals surface area contributed by atoms with Crippen molar-refractivity contribution in [3.8, 4) is 0 Å². The lowest BCUT2D eigenvalue weighted by Gasteiger charge is -2.00. The van der Waals surface area contributed by atoms with E-state index in [1.165, 1.54) is 17.6 Å². The van der Waals surface area contributed by atoms with Gasteiger partial charge >= 0.3 is 6.03 Å². The molecule has 72 valence electrons. The second kappa shape index (κ2) is 3.88. The summed E-state index contributed by atoms with van der Waals surface area (Å²) in [5.74, 6) is 0.360. The highest BCUT2D eigenvalue weighted by molar-refractivity contribution is 7.13. The molecule has 14 heavy (non-hydrogen) atoms. The third-order valence-electron chi connectivity index (χ3n) is 1.33. The van der Waals surface area contributed by atoms with Gasteiger partial charge in [-0.15, -0.1) is 11.3 Å². The van der Waals surface area contributed by atoms with E-state index in [0.29, 0.717) is 10.9 Å². The molecule has 0 atom stereocenters. The molecule has 7 heteroatoms. The number of hydrogen-bond donors (Lipinski definition) is 2. The summed E-state index contributed by atoms with van der Waals surface area (Å²) in [5.41, 5.74) is 0. The summed E-state index contributed by atoms with van der Waals surface area (Å²) in [6, 6.07) is 1.15. The van der Waals surface area contributed by atoms with Gasteiger partial charge < -0.3 is 4.52 Å². The normalized spacial score (nSPS) is 9.71. The zero-order valence-corrected chi connectivity index (χ0v) is 7.75. The summed E-state index contributed by atoms with van der Waals surface area (Å²) in [6.07, 6.45) is 2.98. The molecule has 0 saturated heterocycles. The Kier molecular flexibility index (Phi) is 2.41. The minimum Gasteiger partial charge on any atom is -0.363 e. The third kappa shape index (κ3) is 2.07. The molecule has 2 aromatic rings. The Labute approximate surface area is 82.9 Å². The van der Waals surface area contributed by atoms with Crippen molar-refractivity contribution in [3.63, 3.8) is 0 Å². The number of carbonyl (C=O) groups excluding carboxylic acids is 1. The molecule has 0 fully saturated rings. The minimum absolute atomic E-state index is 0.360. The molecular weight excluding hydrogens is 204 g/mol. The second-order valence-electron chi connectivity index (χ2n) is 2.30. The van der Waals surface area contributed by atoms with Crippen molar-refractivity contribution in [2.24, 2.45) is 0 Å². The molecule has 0 aliphatic carbocycles. The van der Waals surface area contributed by atoms with E-state index in [1.54, 1.807) is 17.6 Å². The molecule has 0 aromatic carbocycles. The van der Waals surface area contributed by atoms with E-state index < -0.39 is 6.03 Å². The summed E-state index contributed by atoms with van der Waals surface area (Å²) in [5, 5.41) is 10.8. The molecule has 0 spiro atoms. The van der Waals surface area contributed by atoms with Gasteiger partial charge in [-0.3, -0.25) is 10.6 Å². The van der Waals surface area contributed by atoms with Gasteiger partial charge in [-0.1, -0.05) is 5.16 Å². The van der Waals surface area contributed by atoms with E-state index in [9.17, 15) is 4.79 Å². The topological polar surface area (TPSA) is 80.0 Å². The van der Waals surface area contributed by atoms with E-state index in [0.717, 1.165) is 0 Å². The lowest BCUT2D eigenvalue weighted by Crippen LogP contribution is -2.19. The fourth-order valence-electron chi connectivity index (χ4n) is 0.807. The van der Waals surface area contributed by atoms with Crippen LogP contribution in [-0.4, -0.2) is 16.2 Å². The Balaban J connectivity index is 1.91. The first-order valence-corrected chi connectivity index (χ1v) is 4.60. The van der Waals surface area contributed by atoms with Gasteiger partial charge in [0.15, 0.2) is 10.9 Å². The smallest absolute Gasteiger partial charge is 0.326 e. The maximum Gasteiger partial charge on any atom is 0.326 e. The van der Waals surface area contributed by atoms with Gasteiger partial charge in [0, 0.05) is 17.6 Å². The highest BCUT2D eigenvalue weighted by atomic mass is 32.1. The van der Waals surface area contributed by atoms with Crippen molar-refractivity contribution in [2.45, 2.75) is 0 Å². The SMILES string of the molecule is O=C(Nc1ccon1)Nc1nccs1. The van der Waals surface area contributed by atoms with Crippen LogP contribution in [0.15, 0.2) is 28.4 Å². The van der Waals surface area contributed by atoms with Crippen molar-refractivity contribution in [3.05, 3.63) is 23.9 Å². The van der Waals surface area contributed by atoms with Crippen LogP contribution >= 0.6 is 11.3 Å². The lowest BCUT2D eigenvalue weighted by molar-refractivity contribution is 0.262. The highest BCUT2D eigenvalue weighted by Crippen LogP contribution is 2.10. The van der Waals surface area contributed by atoms with Crippen LogP contribution in [0, 0.1) is 0 Å². The molecule has 0 saturated carbocycles. The molecule has 0 aliphatic rings. The molecule has 0 aliphatic heterocycles. The summed E-state index contributed by atoms with van der Waals surface area (Å²) >= 11 is 1.34. The maximum atomic E-state index is 11.2. The van der Waals surface area contributed by atoms with Crippen molar-refractivity contribution in [2.75, 3.05) is 10.6 Å². The van der Waals surface area contributed by atoms with E-state index in [4.69, 9.17) is 0 Å². The number of urea groups is 1. The van der Waals surface area contributed by atoms with Crippen LogP contribution in [0.2, 0.25) is 0 Å². The predicted molar refractivity (Wildman–Crippen MR) is 51.3 cm³/mol. The van der Waals surface area contributed by atoms with Crippen LogP contribution in [0.3, 0.4) is 0 Å². The first-order valence-electron chi connectivity index (χ1n) is 3.72. The zero-order chi connectivity index (χ0) is 9.80. The molecular formula is C7H6N4O2S. The van der Waals surface area contributed by atoms with E-state index >= 15 is 0 Å². The largest absolute Gasteiger partial charge is 0.363 e. The quantitative estimate of drug-likeness (QED) is 0.791. The molecule has 0 unspecified atom stereocenters. The third-order valence-corrected chi connectivity index (χ3v) is 2.02. The first kappa shape index (κ1) is 8.70. The predicted octanol–water partition coefficient (Wildman–Crippen LogP) is 1.78. The van der Waals surface area contributed by atoms with Crippen LogP contribution in [-0.2, 0) is 0 Å². The monoisotopic (exact) mass is 210 g/mol. The Bertz CT molecular complexity index is 359. The Morgan fingerprint density at radius 2 is 2.43 bits per heavy atom. The van der Waals surface area contributed by atoms with Crippen molar-refractivity contribution < 1.29 is 9.32 Å². The molecule has 0 bridgehead atoms. The standard InChI is InChI=1S/C7H6N4O2S/c12-6(9-5-1-3-13-11-5)10-7-8-2-4-14-7/h1-4H,(H2,8,9,10,11,12). The summed E-state index contributed by atoms with van der Waals surface area (Å²) in [7, 11) is 0. The van der Waals surface area contributed by atoms with Crippen LogP contribution in [0.4, 0.5) is 15.7 Å². The van der Waals surface area contributed by atoms with Crippen LogP contribution in [0.1, 0.15) is 0 Å². The molecule has 0 radical (unpaired) electrons. The fourth-order valence-corrected chi connectivity index (χ4v) is 1.33. The number of anilines is 2. The van der Waals surface area contributed by atoms with Crippen LogP contribution in [0.25, 0.3) is 0 Å². The molecule has 6 nitrogen and oxygen atoms in total. The average molecular weight is 210 g/mol. The van der Waals surface area contributed by atoms with Gasteiger partial charge in [-0.05, 0) is 0 Å². The first-order chi connectivity index (χ1) is 6.84. The van der Waals surface area contributed by atoms with Gasteiger partial charge in [0.05, 0.1) is 0 Å². The minimum atomic E-state index is -0.395. The van der Waals surface area contributed by atoms with Crippen molar-refractivity contribution in [1.29, 1.82) is 0 Å². The highest BCUT2D eigenvalue weighted by Gasteiger charge is 2.05. The number of thiazole rings is 1. The Morgan fingerprint density at radius 3 is 3.07 bits per heavy atom. The van der Waals surface area contributed by atoms with Crippen molar-refractivity contribution in [1.82, 2.24) is 10.1 Å².